The van der Waals surface area contributed by atoms with Gasteiger partial charge in [0, 0.05) is 106 Å². The number of pyridine rings is 1. The van der Waals surface area contributed by atoms with Crippen molar-refractivity contribution in [3.8, 4) is 0 Å². The molecule has 0 unspecified atom stereocenters. The van der Waals surface area contributed by atoms with Crippen molar-refractivity contribution in [1.82, 2.24) is 50.9 Å². The zero-order valence-electron chi connectivity index (χ0n) is 44.3. The number of ether oxygens (including phenoxy) is 1. The van der Waals surface area contributed by atoms with Crippen molar-refractivity contribution in [2.45, 2.75) is 184 Å². The molecule has 0 bridgehead atoms. The number of hydrogen-bond acceptors (Lipinski definition) is 12. The molecule has 76 heavy (non-hydrogen) atoms. The van der Waals surface area contributed by atoms with Crippen LogP contribution in [0.15, 0.2) is 49.1 Å². The highest BCUT2D eigenvalue weighted by Gasteiger charge is 2.45. The van der Waals surface area contributed by atoms with Gasteiger partial charge in [0.1, 0.15) is 18.2 Å². The number of nitrogens with one attached hydrogen (secondary N) is 5. The van der Waals surface area contributed by atoms with Crippen LogP contribution in [0.4, 0.5) is 19.0 Å². The second kappa shape index (κ2) is 25.5. The number of benzene rings is 1. The molecule has 414 valence electrons. The number of nitrogens with zero attached hydrogens (tertiary/aromatic N) is 6. The van der Waals surface area contributed by atoms with Crippen LogP contribution in [0.3, 0.4) is 0 Å². The minimum Gasteiger partial charge on any atom is -0.378 e. The highest BCUT2D eigenvalue weighted by Crippen LogP contribution is 2.39. The van der Waals surface area contributed by atoms with Gasteiger partial charge in [0.05, 0.1) is 35.3 Å². The van der Waals surface area contributed by atoms with Crippen LogP contribution in [0.1, 0.15) is 140 Å². The third-order valence-corrected chi connectivity index (χ3v) is 16.7. The smallest absolute Gasteiger partial charge is 0.378 e. The van der Waals surface area contributed by atoms with Crippen molar-refractivity contribution in [2.24, 2.45) is 11.8 Å². The van der Waals surface area contributed by atoms with E-state index in [0.717, 1.165) is 49.8 Å². The van der Waals surface area contributed by atoms with Crippen LogP contribution < -0.4 is 26.6 Å². The summed E-state index contributed by atoms with van der Waals surface area (Å²) in [5.74, 6) is -0.809. The average molecular weight is 1060 g/mol. The summed E-state index contributed by atoms with van der Waals surface area (Å²) in [7, 11) is 3.83. The van der Waals surface area contributed by atoms with E-state index in [1.165, 1.54) is 12.4 Å². The largest absolute Gasteiger partial charge is 0.416 e. The molecule has 8 rings (SSSR count). The molecule has 2 aromatic heterocycles. The van der Waals surface area contributed by atoms with Gasteiger partial charge in [-0.25, -0.2) is 9.97 Å². The first-order valence-electron chi connectivity index (χ1n) is 27.5. The Bertz CT molecular complexity index is 2510. The van der Waals surface area contributed by atoms with E-state index < -0.39 is 17.8 Å². The number of fused-ring (bicyclic) bond motifs is 1. The van der Waals surface area contributed by atoms with Gasteiger partial charge < -0.3 is 46.0 Å². The number of hydrogen-bond donors (Lipinski definition) is 5. The summed E-state index contributed by atoms with van der Waals surface area (Å²) >= 11 is 0. The van der Waals surface area contributed by atoms with E-state index in [0.29, 0.717) is 76.5 Å². The number of carbonyl (C=O) groups is 6. The van der Waals surface area contributed by atoms with Crippen molar-refractivity contribution in [3.05, 3.63) is 60.2 Å². The Morgan fingerprint density at radius 1 is 0.868 bits per heavy atom. The number of halogens is 3. The maximum atomic E-state index is 14.1. The molecule has 3 saturated carbocycles. The summed E-state index contributed by atoms with van der Waals surface area (Å²) in [4.78, 5) is 97.5. The Morgan fingerprint density at radius 2 is 1.59 bits per heavy atom. The van der Waals surface area contributed by atoms with Gasteiger partial charge in [0.2, 0.25) is 35.4 Å². The Labute approximate surface area is 443 Å². The van der Waals surface area contributed by atoms with Crippen LogP contribution in [0, 0.1) is 11.8 Å². The van der Waals surface area contributed by atoms with E-state index >= 15 is 0 Å². The van der Waals surface area contributed by atoms with Crippen molar-refractivity contribution in [2.75, 3.05) is 39.1 Å². The highest BCUT2D eigenvalue weighted by molar-refractivity contribution is 5.93. The van der Waals surface area contributed by atoms with E-state index in [2.05, 4.69) is 67.3 Å². The molecule has 0 radical (unpaired) electrons. The molecular weight excluding hydrogens is 984 g/mol. The fourth-order valence-corrected chi connectivity index (χ4v) is 12.2. The highest BCUT2D eigenvalue weighted by atomic mass is 19.4. The number of likely N-dealkylation sites (tertiary alicyclic amines) is 2. The predicted molar refractivity (Wildman–Crippen MR) is 278 cm³/mol. The summed E-state index contributed by atoms with van der Waals surface area (Å²) < 4.78 is 47.0. The third-order valence-electron chi connectivity index (χ3n) is 16.7. The SMILES string of the molecule is CC(C)N(C)[C@@H]1CC[C@H](N2CC[C@H](Nc3ncnc4ccc(C(F)(F)F)cc34)C2=O)[C@H](NC(=O)C2CCC(NC(=O)CCCOC3CCC(NC(=O)CCNC(=O)C[C@@H]4CC(=O)N(C)[C@H]4c4cccnc4)CC3)CC2)C1. The molecule has 4 heterocycles. The van der Waals surface area contributed by atoms with Crippen LogP contribution in [-0.2, 0) is 39.7 Å². The maximum Gasteiger partial charge on any atom is 0.416 e. The Kier molecular flexibility index (Phi) is 18.8. The summed E-state index contributed by atoms with van der Waals surface area (Å²) in [5.41, 5.74) is 0.403. The molecule has 21 heteroatoms. The Morgan fingerprint density at radius 3 is 2.29 bits per heavy atom. The third kappa shape index (κ3) is 14.3. The summed E-state index contributed by atoms with van der Waals surface area (Å²) in [6, 6.07) is 6.05. The van der Waals surface area contributed by atoms with Crippen LogP contribution in [0.5, 0.6) is 0 Å². The first-order valence-corrected chi connectivity index (χ1v) is 27.5. The van der Waals surface area contributed by atoms with Crippen LogP contribution in [0.2, 0.25) is 0 Å². The number of carbonyl (C=O) groups excluding carboxylic acids is 6. The van der Waals surface area contributed by atoms with Crippen LogP contribution >= 0.6 is 0 Å². The minimum absolute atomic E-state index is 0.00843. The van der Waals surface area contributed by atoms with Crippen molar-refractivity contribution < 1.29 is 46.7 Å². The van der Waals surface area contributed by atoms with Gasteiger partial charge in [-0.1, -0.05) is 6.07 Å². The molecule has 3 aromatic rings. The predicted octanol–water partition coefficient (Wildman–Crippen LogP) is 5.82. The Balaban J connectivity index is 0.711. The summed E-state index contributed by atoms with van der Waals surface area (Å²) in [5, 5.41) is 15.8. The van der Waals surface area contributed by atoms with Crippen molar-refractivity contribution in [1.29, 1.82) is 0 Å². The Hall–Kier alpha value is -5.96. The molecule has 5 fully saturated rings. The monoisotopic (exact) mass is 1060 g/mol. The van der Waals surface area contributed by atoms with Crippen LogP contribution in [-0.4, -0.2) is 147 Å². The topological polar surface area (TPSA) is 220 Å². The molecule has 3 aliphatic carbocycles. The van der Waals surface area contributed by atoms with Crippen molar-refractivity contribution in [3.63, 3.8) is 0 Å². The lowest BCUT2D eigenvalue weighted by atomic mass is 9.82. The van der Waals surface area contributed by atoms with E-state index in [-0.39, 0.29) is 133 Å². The lowest BCUT2D eigenvalue weighted by molar-refractivity contribution is -0.137. The molecule has 18 nitrogen and oxygen atoms in total. The molecule has 5 N–H and O–H groups in total. The average Bonchev–Trinajstić information content (AvgIpc) is 3.91. The molecule has 2 saturated heterocycles. The number of rotatable bonds is 20. The maximum absolute atomic E-state index is 14.1. The zero-order chi connectivity index (χ0) is 54.1. The van der Waals surface area contributed by atoms with Crippen LogP contribution in [0.25, 0.3) is 10.9 Å². The summed E-state index contributed by atoms with van der Waals surface area (Å²) in [6.07, 6.45) is 10.1. The molecule has 5 aliphatic rings. The van der Waals surface area contributed by atoms with E-state index in [9.17, 15) is 41.9 Å². The van der Waals surface area contributed by atoms with Gasteiger partial charge in [-0.2, -0.15) is 13.2 Å². The minimum atomic E-state index is -4.55. The molecule has 0 spiro atoms. The van der Waals surface area contributed by atoms with Gasteiger partial charge >= 0.3 is 6.18 Å². The van der Waals surface area contributed by atoms with Gasteiger partial charge in [0.15, 0.2) is 0 Å². The van der Waals surface area contributed by atoms with E-state index in [1.807, 2.05) is 17.0 Å². The molecule has 2 aliphatic heterocycles. The molecule has 6 atom stereocenters. The van der Waals surface area contributed by atoms with Gasteiger partial charge in [-0.05, 0) is 134 Å². The standard InChI is InChI=1S/C55H76F3N11O7/c1-33(2)67(3)40-16-20-46(69-25-22-44(54(69)75)65-52-42-29-37(55(56,57)58)11-19-43(42)61-32-62-52)45(30-40)66-53(74)34-9-12-38(13-10-34)63-47(70)8-6-26-76-41-17-14-39(15-18-41)64-48(71)21-24-60-49(72)27-36-28-50(73)68(4)51(36)35-7-5-23-59-31-35/h5,7,11,19,23,29,31-34,36,38-41,44-46,51H,6,8-10,12-18,20-22,24-28,30H2,1-4H3,(H,60,72)(H,63,70)(H,64,71)(H,66,74)(H,61,62,65)/t34?,36-,38?,39?,40-,41?,44+,45-,46+,51+/m1/s1. The van der Waals surface area contributed by atoms with E-state index in [1.54, 1.807) is 24.3 Å². The van der Waals surface area contributed by atoms with E-state index in [4.69, 9.17) is 4.74 Å². The quantitative estimate of drug-likeness (QED) is 0.0846. The number of alkyl halides is 3. The fourth-order valence-electron chi connectivity index (χ4n) is 12.2. The van der Waals surface area contributed by atoms with Gasteiger partial charge in [-0.3, -0.25) is 33.8 Å². The zero-order valence-corrected chi connectivity index (χ0v) is 44.3. The van der Waals surface area contributed by atoms with Gasteiger partial charge in [0.25, 0.3) is 0 Å². The number of aromatic nitrogens is 3. The number of anilines is 1. The first-order chi connectivity index (χ1) is 36.4. The lowest BCUT2D eigenvalue weighted by Gasteiger charge is -2.45. The molecular formula is C55H76F3N11O7. The fraction of sp³-hybridized carbons (Fsp3) is 0.655. The van der Waals surface area contributed by atoms with Gasteiger partial charge in [-0.15, -0.1) is 0 Å². The number of amides is 6. The lowest BCUT2D eigenvalue weighted by Crippen LogP contribution is -2.59. The summed E-state index contributed by atoms with van der Waals surface area (Å²) in [6.45, 7) is 5.37. The second-order valence-electron chi connectivity index (χ2n) is 22.0. The first kappa shape index (κ1) is 56.2. The van der Waals surface area contributed by atoms with Crippen molar-refractivity contribution >= 4 is 52.2 Å². The second-order valence-corrected chi connectivity index (χ2v) is 22.0. The molecule has 6 amide bonds. The molecule has 1 aromatic carbocycles. The normalized spacial score (nSPS) is 27.2.